The Morgan fingerprint density at radius 1 is 1.55 bits per heavy atom. The summed E-state index contributed by atoms with van der Waals surface area (Å²) < 4.78 is 14.5. The molecule has 4 nitrogen and oxygen atoms in total. The van der Waals surface area contributed by atoms with Gasteiger partial charge in [-0.1, -0.05) is 0 Å². The number of rotatable bonds is 2. The second-order valence-corrected chi connectivity index (χ2v) is 5.84. The van der Waals surface area contributed by atoms with Crippen LogP contribution in [0.15, 0.2) is 16.6 Å². The van der Waals surface area contributed by atoms with Gasteiger partial charge in [0.25, 0.3) is 0 Å². The summed E-state index contributed by atoms with van der Waals surface area (Å²) in [5, 5.41) is 8.89. The molecule has 0 bridgehead atoms. The maximum atomic E-state index is 14.4. The molecule has 6 heteroatoms. The van der Waals surface area contributed by atoms with E-state index in [1.54, 1.807) is 12.1 Å². The average Bonchev–Trinajstić information content (AvgIpc) is 2.42. The average molecular weight is 340 g/mol. The van der Waals surface area contributed by atoms with Crippen LogP contribution in [0.5, 0.6) is 0 Å². The van der Waals surface area contributed by atoms with Gasteiger partial charge in [-0.05, 0) is 47.8 Å². The molecule has 1 fully saturated rings. The van der Waals surface area contributed by atoms with E-state index < -0.39 is 5.82 Å². The fourth-order valence-electron chi connectivity index (χ4n) is 2.52. The number of nitrogens with two attached hydrogens (primary N) is 1. The van der Waals surface area contributed by atoms with Crippen LogP contribution in [0.3, 0.4) is 0 Å². The van der Waals surface area contributed by atoms with Crippen LogP contribution in [0.4, 0.5) is 10.1 Å². The third-order valence-electron chi connectivity index (χ3n) is 3.78. The number of primary amides is 1. The van der Waals surface area contributed by atoms with Crippen molar-refractivity contribution in [1.82, 2.24) is 0 Å². The first-order valence-corrected chi connectivity index (χ1v) is 7.19. The number of nitriles is 1. The Labute approximate surface area is 125 Å². The van der Waals surface area contributed by atoms with Crippen LogP contribution in [0.25, 0.3) is 0 Å². The van der Waals surface area contributed by atoms with Gasteiger partial charge < -0.3 is 10.6 Å². The van der Waals surface area contributed by atoms with E-state index in [9.17, 15) is 9.18 Å². The highest BCUT2D eigenvalue weighted by Crippen LogP contribution is 2.34. The molecule has 1 heterocycles. The Morgan fingerprint density at radius 2 is 2.25 bits per heavy atom. The van der Waals surface area contributed by atoms with Gasteiger partial charge in [-0.15, -0.1) is 0 Å². The van der Waals surface area contributed by atoms with Gasteiger partial charge in [0.05, 0.1) is 21.6 Å². The number of carbonyl (C=O) groups excluding carboxylic acids is 1. The topological polar surface area (TPSA) is 70.1 Å². The highest BCUT2D eigenvalue weighted by atomic mass is 79.9. The summed E-state index contributed by atoms with van der Waals surface area (Å²) in [4.78, 5) is 13.2. The summed E-state index contributed by atoms with van der Waals surface area (Å²) in [5.41, 5.74) is 6.00. The largest absolute Gasteiger partial charge is 0.369 e. The molecule has 1 saturated heterocycles. The van der Waals surface area contributed by atoms with Gasteiger partial charge in [-0.2, -0.15) is 5.26 Å². The minimum Gasteiger partial charge on any atom is -0.369 e. The zero-order valence-electron chi connectivity index (χ0n) is 11.1. The first kappa shape index (κ1) is 14.8. The van der Waals surface area contributed by atoms with E-state index in [1.807, 2.05) is 17.9 Å². The summed E-state index contributed by atoms with van der Waals surface area (Å²) in [5.74, 6) is -1.09. The maximum absolute atomic E-state index is 14.4. The van der Waals surface area contributed by atoms with Crippen molar-refractivity contribution in [1.29, 1.82) is 5.26 Å². The van der Waals surface area contributed by atoms with Gasteiger partial charge in [0, 0.05) is 12.6 Å². The lowest BCUT2D eigenvalue weighted by Gasteiger charge is -2.38. The highest BCUT2D eigenvalue weighted by molar-refractivity contribution is 9.10. The van der Waals surface area contributed by atoms with E-state index in [0.717, 1.165) is 12.8 Å². The van der Waals surface area contributed by atoms with Crippen molar-refractivity contribution in [3.8, 4) is 6.07 Å². The summed E-state index contributed by atoms with van der Waals surface area (Å²) in [7, 11) is 0. The van der Waals surface area contributed by atoms with Crippen LogP contribution in [0.2, 0.25) is 0 Å². The molecule has 0 aliphatic carbocycles. The quantitative estimate of drug-likeness (QED) is 0.899. The molecule has 106 valence electrons. The van der Waals surface area contributed by atoms with Crippen LogP contribution in [-0.4, -0.2) is 18.5 Å². The van der Waals surface area contributed by atoms with Crippen LogP contribution >= 0.6 is 15.9 Å². The Balaban J connectivity index is 2.37. The first-order valence-electron chi connectivity index (χ1n) is 6.39. The van der Waals surface area contributed by atoms with Crippen molar-refractivity contribution in [2.45, 2.75) is 25.8 Å². The van der Waals surface area contributed by atoms with E-state index in [2.05, 4.69) is 15.9 Å². The second kappa shape index (κ2) is 5.80. The number of benzene rings is 1. The van der Waals surface area contributed by atoms with Gasteiger partial charge in [-0.3, -0.25) is 4.79 Å². The zero-order valence-corrected chi connectivity index (χ0v) is 12.7. The molecule has 0 saturated carbocycles. The summed E-state index contributed by atoms with van der Waals surface area (Å²) in [6.45, 7) is 2.40. The molecule has 1 amide bonds. The van der Waals surface area contributed by atoms with E-state index in [0.29, 0.717) is 12.2 Å². The van der Waals surface area contributed by atoms with Gasteiger partial charge in [-0.25, -0.2) is 4.39 Å². The molecule has 1 aromatic rings. The SMILES string of the molecule is CC1CCC(C(N)=O)CN1c1ccc(C#N)c(Br)c1F. The number of carbonyl (C=O) groups is 1. The van der Waals surface area contributed by atoms with Crippen LogP contribution in [-0.2, 0) is 4.79 Å². The fraction of sp³-hybridized carbons (Fsp3) is 0.429. The monoisotopic (exact) mass is 339 g/mol. The first-order chi connectivity index (χ1) is 9.45. The predicted molar refractivity (Wildman–Crippen MR) is 77.5 cm³/mol. The third-order valence-corrected chi connectivity index (χ3v) is 4.55. The molecule has 0 radical (unpaired) electrons. The van der Waals surface area contributed by atoms with E-state index in [1.165, 1.54) is 0 Å². The molecule has 2 rings (SSSR count). The standard InChI is InChI=1S/C14H15BrFN3O/c1-8-2-3-10(14(18)20)7-19(8)11-5-4-9(6-17)12(15)13(11)16/h4-5,8,10H,2-3,7H2,1H3,(H2,18,20). The molecule has 1 aliphatic rings. The molecule has 20 heavy (non-hydrogen) atoms. The number of halogens is 2. The Bertz CT molecular complexity index is 585. The maximum Gasteiger partial charge on any atom is 0.222 e. The normalized spacial score (nSPS) is 22.4. The molecule has 2 unspecified atom stereocenters. The van der Waals surface area contributed by atoms with E-state index >= 15 is 0 Å². The minimum absolute atomic E-state index is 0.125. The molecule has 1 aliphatic heterocycles. The van der Waals surface area contributed by atoms with Gasteiger partial charge >= 0.3 is 0 Å². The highest BCUT2D eigenvalue weighted by Gasteiger charge is 2.30. The number of hydrogen-bond acceptors (Lipinski definition) is 3. The lowest BCUT2D eigenvalue weighted by molar-refractivity contribution is -0.122. The van der Waals surface area contributed by atoms with Gasteiger partial charge in [0.2, 0.25) is 5.91 Å². The van der Waals surface area contributed by atoms with Crippen LogP contribution in [0.1, 0.15) is 25.3 Å². The molecule has 2 N–H and O–H groups in total. The number of piperidine rings is 1. The molecular formula is C14H15BrFN3O. The lowest BCUT2D eigenvalue weighted by atomic mass is 9.92. The fourth-order valence-corrected chi connectivity index (χ4v) is 2.95. The van der Waals surface area contributed by atoms with E-state index in [-0.39, 0.29) is 27.9 Å². The Kier molecular flexibility index (Phi) is 4.29. The summed E-state index contributed by atoms with van der Waals surface area (Å²) in [6, 6.07) is 5.20. The molecule has 0 spiro atoms. The smallest absolute Gasteiger partial charge is 0.222 e. The van der Waals surface area contributed by atoms with Crippen molar-refractivity contribution in [2.24, 2.45) is 11.7 Å². The van der Waals surface area contributed by atoms with Crippen molar-refractivity contribution < 1.29 is 9.18 Å². The van der Waals surface area contributed by atoms with E-state index in [4.69, 9.17) is 11.0 Å². The summed E-state index contributed by atoms with van der Waals surface area (Å²) in [6.07, 6.45) is 1.51. The van der Waals surface area contributed by atoms with Crippen LogP contribution in [0, 0.1) is 23.1 Å². The van der Waals surface area contributed by atoms with Crippen molar-refractivity contribution in [3.63, 3.8) is 0 Å². The Hall–Kier alpha value is -1.61. The Morgan fingerprint density at radius 3 is 2.85 bits per heavy atom. The van der Waals surface area contributed by atoms with Gasteiger partial charge in [0.1, 0.15) is 6.07 Å². The number of hydrogen-bond donors (Lipinski definition) is 1. The summed E-state index contributed by atoms with van der Waals surface area (Å²) >= 11 is 3.11. The minimum atomic E-state index is -0.471. The molecule has 2 atom stereocenters. The van der Waals surface area contributed by atoms with Crippen molar-refractivity contribution in [2.75, 3.05) is 11.4 Å². The number of amides is 1. The number of nitrogens with zero attached hydrogens (tertiary/aromatic N) is 2. The van der Waals surface area contributed by atoms with Gasteiger partial charge in [0.15, 0.2) is 5.82 Å². The predicted octanol–water partition coefficient (Wildman–Crippen LogP) is 2.55. The second-order valence-electron chi connectivity index (χ2n) is 5.05. The molecular weight excluding hydrogens is 325 g/mol. The molecule has 0 aromatic heterocycles. The lowest BCUT2D eigenvalue weighted by Crippen LogP contribution is -2.46. The molecule has 1 aromatic carbocycles. The number of anilines is 1. The third kappa shape index (κ3) is 2.63. The zero-order chi connectivity index (χ0) is 14.9. The van der Waals surface area contributed by atoms with Crippen molar-refractivity contribution >= 4 is 27.5 Å². The van der Waals surface area contributed by atoms with Crippen LogP contribution < -0.4 is 10.6 Å². The van der Waals surface area contributed by atoms with Crippen molar-refractivity contribution in [3.05, 3.63) is 28.0 Å².